The number of nitrogens with one attached hydrogen (secondary N) is 1. The van der Waals surface area contributed by atoms with Crippen molar-refractivity contribution in [3.63, 3.8) is 0 Å². The third kappa shape index (κ3) is 3.14. The minimum atomic E-state index is -0.715. The van der Waals surface area contributed by atoms with Crippen molar-refractivity contribution >= 4 is 0 Å². The highest BCUT2D eigenvalue weighted by molar-refractivity contribution is 5.77. The Morgan fingerprint density at radius 3 is 2.28 bits per heavy atom. The second-order valence-electron chi connectivity index (χ2n) is 6.33. The van der Waals surface area contributed by atoms with E-state index in [4.69, 9.17) is 4.42 Å². The Kier molecular flexibility index (Phi) is 4.33. The summed E-state index contributed by atoms with van der Waals surface area (Å²) >= 11 is 0. The van der Waals surface area contributed by atoms with Crippen LogP contribution in [0.25, 0.3) is 22.6 Å². The van der Waals surface area contributed by atoms with Crippen LogP contribution >= 0.6 is 0 Å². The molecule has 0 saturated heterocycles. The molecule has 0 aliphatic carbocycles. The lowest BCUT2D eigenvalue weighted by Crippen LogP contribution is -2.28. The van der Waals surface area contributed by atoms with E-state index in [1.807, 2.05) is 44.2 Å². The highest BCUT2D eigenvalue weighted by Crippen LogP contribution is 2.38. The van der Waals surface area contributed by atoms with Gasteiger partial charge in [-0.25, -0.2) is 4.98 Å². The van der Waals surface area contributed by atoms with Crippen LogP contribution < -0.4 is 5.48 Å². The number of hydrogen-bond acceptors (Lipinski definition) is 5. The van der Waals surface area contributed by atoms with Gasteiger partial charge in [0.15, 0.2) is 5.76 Å². The van der Waals surface area contributed by atoms with Gasteiger partial charge >= 0.3 is 0 Å². The van der Waals surface area contributed by atoms with E-state index >= 15 is 0 Å². The van der Waals surface area contributed by atoms with Crippen LogP contribution in [0.3, 0.4) is 0 Å². The monoisotopic (exact) mass is 336 g/mol. The van der Waals surface area contributed by atoms with Gasteiger partial charge in [0, 0.05) is 16.8 Å². The lowest BCUT2D eigenvalue weighted by atomic mass is 9.90. The molecular formula is C20H20N2O3. The maximum Gasteiger partial charge on any atom is 0.207 e. The summed E-state index contributed by atoms with van der Waals surface area (Å²) in [6.07, 6.45) is 0. The smallest absolute Gasteiger partial charge is 0.207 e. The standard InChI is InChI=1S/C20H20N2O3/c1-13(22-24)20(2,3)19-21-17(14-7-5-4-6-8-14)18(25-19)15-9-11-16(23)12-10-15/h4-12,22-24H,1H2,2-3H3. The Bertz CT molecular complexity index is 881. The van der Waals surface area contributed by atoms with Crippen LogP contribution in [0.2, 0.25) is 0 Å². The van der Waals surface area contributed by atoms with Gasteiger partial charge in [0.1, 0.15) is 11.4 Å². The maximum absolute atomic E-state index is 9.54. The number of aromatic nitrogens is 1. The Labute approximate surface area is 146 Å². The van der Waals surface area contributed by atoms with Crippen LogP contribution in [-0.2, 0) is 5.41 Å². The molecule has 0 spiro atoms. The van der Waals surface area contributed by atoms with Crippen LogP contribution in [-0.4, -0.2) is 15.3 Å². The largest absolute Gasteiger partial charge is 0.508 e. The first-order valence-electron chi connectivity index (χ1n) is 7.89. The fourth-order valence-electron chi connectivity index (χ4n) is 2.46. The van der Waals surface area contributed by atoms with E-state index in [1.165, 1.54) is 0 Å². The Hall–Kier alpha value is -3.05. The van der Waals surface area contributed by atoms with Crippen molar-refractivity contribution in [3.05, 3.63) is 72.8 Å². The van der Waals surface area contributed by atoms with Crippen molar-refractivity contribution < 1.29 is 14.7 Å². The summed E-state index contributed by atoms with van der Waals surface area (Å²) in [5.41, 5.74) is 4.17. The van der Waals surface area contributed by atoms with Gasteiger partial charge in [-0.05, 0) is 38.1 Å². The van der Waals surface area contributed by atoms with Gasteiger partial charge in [-0.15, -0.1) is 0 Å². The summed E-state index contributed by atoms with van der Waals surface area (Å²) < 4.78 is 6.08. The fraction of sp³-hybridized carbons (Fsp3) is 0.150. The van der Waals surface area contributed by atoms with Gasteiger partial charge in [0.05, 0.1) is 5.41 Å². The highest BCUT2D eigenvalue weighted by atomic mass is 16.5. The van der Waals surface area contributed by atoms with E-state index in [0.717, 1.165) is 11.1 Å². The summed E-state index contributed by atoms with van der Waals surface area (Å²) in [5, 5.41) is 18.8. The second kappa shape index (κ2) is 6.45. The Balaban J connectivity index is 2.19. The second-order valence-corrected chi connectivity index (χ2v) is 6.33. The van der Waals surface area contributed by atoms with Gasteiger partial charge in [-0.1, -0.05) is 36.9 Å². The number of aromatic hydroxyl groups is 1. The topological polar surface area (TPSA) is 78.5 Å². The molecule has 0 atom stereocenters. The first-order chi connectivity index (χ1) is 11.9. The molecule has 0 saturated carbocycles. The number of rotatable bonds is 5. The van der Waals surface area contributed by atoms with Crippen molar-refractivity contribution in [1.29, 1.82) is 0 Å². The van der Waals surface area contributed by atoms with Crippen LogP contribution in [0, 0.1) is 0 Å². The van der Waals surface area contributed by atoms with Gasteiger partial charge in [-0.2, -0.15) is 0 Å². The Morgan fingerprint density at radius 2 is 1.68 bits per heavy atom. The first kappa shape index (κ1) is 16.8. The lowest BCUT2D eigenvalue weighted by Gasteiger charge is -2.22. The summed E-state index contributed by atoms with van der Waals surface area (Å²) in [7, 11) is 0. The van der Waals surface area contributed by atoms with E-state index in [9.17, 15) is 10.3 Å². The normalized spacial score (nSPS) is 11.3. The molecule has 0 bridgehead atoms. The molecule has 0 radical (unpaired) electrons. The summed E-state index contributed by atoms with van der Waals surface area (Å²) in [5.74, 6) is 1.21. The number of nitrogens with zero attached hydrogens (tertiary/aromatic N) is 1. The molecule has 0 fully saturated rings. The number of hydroxylamine groups is 1. The summed E-state index contributed by atoms with van der Waals surface area (Å²) in [6, 6.07) is 16.5. The zero-order valence-corrected chi connectivity index (χ0v) is 14.2. The number of hydrogen-bond donors (Lipinski definition) is 3. The predicted octanol–water partition coefficient (Wildman–Crippen LogP) is 4.48. The molecule has 0 amide bonds. The molecule has 5 heteroatoms. The number of oxazole rings is 1. The molecule has 5 nitrogen and oxygen atoms in total. The lowest BCUT2D eigenvalue weighted by molar-refractivity contribution is 0.178. The minimum absolute atomic E-state index is 0.183. The van der Waals surface area contributed by atoms with Crippen molar-refractivity contribution in [2.75, 3.05) is 0 Å². The molecule has 1 heterocycles. The predicted molar refractivity (Wildman–Crippen MR) is 96.1 cm³/mol. The van der Waals surface area contributed by atoms with Crippen molar-refractivity contribution in [3.8, 4) is 28.3 Å². The van der Waals surface area contributed by atoms with Gasteiger partial charge in [0.2, 0.25) is 5.89 Å². The molecule has 128 valence electrons. The minimum Gasteiger partial charge on any atom is -0.508 e. The Morgan fingerprint density at radius 1 is 1.04 bits per heavy atom. The van der Waals surface area contributed by atoms with E-state index in [2.05, 4.69) is 17.0 Å². The van der Waals surface area contributed by atoms with Gasteiger partial charge in [0.25, 0.3) is 0 Å². The third-order valence-corrected chi connectivity index (χ3v) is 4.23. The van der Waals surface area contributed by atoms with E-state index in [0.29, 0.717) is 23.0 Å². The summed E-state index contributed by atoms with van der Waals surface area (Å²) in [6.45, 7) is 7.54. The molecule has 2 aromatic carbocycles. The van der Waals surface area contributed by atoms with E-state index in [-0.39, 0.29) is 5.75 Å². The average Bonchev–Trinajstić information content (AvgIpc) is 3.08. The first-order valence-corrected chi connectivity index (χ1v) is 7.89. The highest BCUT2D eigenvalue weighted by Gasteiger charge is 2.32. The van der Waals surface area contributed by atoms with Crippen LogP contribution in [0.4, 0.5) is 0 Å². The van der Waals surface area contributed by atoms with E-state index in [1.54, 1.807) is 24.3 Å². The number of phenols is 1. The fourth-order valence-corrected chi connectivity index (χ4v) is 2.46. The molecular weight excluding hydrogens is 316 g/mol. The zero-order chi connectivity index (χ0) is 18.0. The molecule has 3 rings (SSSR count). The van der Waals surface area contributed by atoms with Gasteiger partial charge in [-0.3, -0.25) is 10.7 Å². The third-order valence-electron chi connectivity index (χ3n) is 4.23. The van der Waals surface area contributed by atoms with Crippen LogP contribution in [0.15, 0.2) is 71.3 Å². The number of allylic oxidation sites excluding steroid dienone is 1. The SMILES string of the molecule is C=C(NO)C(C)(C)c1nc(-c2ccccc2)c(-c2ccc(O)cc2)o1. The summed E-state index contributed by atoms with van der Waals surface area (Å²) in [4.78, 5) is 4.68. The molecule has 25 heavy (non-hydrogen) atoms. The van der Waals surface area contributed by atoms with Crippen molar-refractivity contribution in [2.24, 2.45) is 0 Å². The molecule has 0 aliphatic rings. The van der Waals surface area contributed by atoms with Crippen molar-refractivity contribution in [1.82, 2.24) is 10.5 Å². The molecule has 3 aromatic rings. The number of phenolic OH excluding ortho intramolecular Hbond substituents is 1. The van der Waals surface area contributed by atoms with Crippen LogP contribution in [0.5, 0.6) is 5.75 Å². The quantitative estimate of drug-likeness (QED) is 0.599. The number of benzene rings is 2. The molecule has 1 aromatic heterocycles. The van der Waals surface area contributed by atoms with Gasteiger partial charge < -0.3 is 9.52 Å². The average molecular weight is 336 g/mol. The maximum atomic E-state index is 9.54. The molecule has 0 unspecified atom stereocenters. The molecule has 3 N–H and O–H groups in total. The molecule has 0 aliphatic heterocycles. The van der Waals surface area contributed by atoms with E-state index < -0.39 is 5.41 Å². The van der Waals surface area contributed by atoms with Crippen molar-refractivity contribution in [2.45, 2.75) is 19.3 Å². The van der Waals surface area contributed by atoms with Crippen LogP contribution in [0.1, 0.15) is 19.7 Å². The zero-order valence-electron chi connectivity index (χ0n) is 14.2.